The van der Waals surface area contributed by atoms with Crippen LogP contribution in [0.4, 0.5) is 0 Å². The van der Waals surface area contributed by atoms with Crippen LogP contribution in [0.1, 0.15) is 47.7 Å². The molecule has 0 unspecified atom stereocenters. The molecule has 10 heteroatoms. The van der Waals surface area contributed by atoms with Crippen LogP contribution in [0.3, 0.4) is 0 Å². The van der Waals surface area contributed by atoms with E-state index in [0.29, 0.717) is 16.5 Å². The van der Waals surface area contributed by atoms with E-state index in [9.17, 15) is 4.79 Å². The standard InChI is InChI=1S/C24H23BrClN5O2S/c1-12(2)22-27-9-13(3)21(30-22)16-6-7-18(26)19(8-16)31-14(4)28-23(20(25)24(31)32)33-10-17-11-34-15(5)29-17/h6-9,11-12H,10H2,1-5H3. The van der Waals surface area contributed by atoms with Crippen LogP contribution in [0.15, 0.2) is 39.0 Å². The van der Waals surface area contributed by atoms with Gasteiger partial charge in [-0.25, -0.2) is 15.0 Å². The van der Waals surface area contributed by atoms with E-state index in [1.165, 1.54) is 4.57 Å². The number of halogens is 2. The fourth-order valence-corrected chi connectivity index (χ4v) is 4.62. The first-order valence-corrected chi connectivity index (χ1v) is 12.7. The van der Waals surface area contributed by atoms with Crippen molar-refractivity contribution < 1.29 is 4.74 Å². The molecule has 0 spiro atoms. The van der Waals surface area contributed by atoms with Gasteiger partial charge in [0.1, 0.15) is 22.7 Å². The molecule has 4 aromatic rings. The number of hydrogen-bond donors (Lipinski definition) is 0. The van der Waals surface area contributed by atoms with Crippen LogP contribution >= 0.6 is 38.9 Å². The van der Waals surface area contributed by atoms with Gasteiger partial charge in [-0.3, -0.25) is 9.36 Å². The molecule has 0 amide bonds. The molecule has 4 rings (SSSR count). The van der Waals surface area contributed by atoms with Crippen LogP contribution < -0.4 is 10.3 Å². The van der Waals surface area contributed by atoms with Crippen molar-refractivity contribution in [2.24, 2.45) is 0 Å². The second-order valence-electron chi connectivity index (χ2n) is 8.15. The highest BCUT2D eigenvalue weighted by Crippen LogP contribution is 2.30. The lowest BCUT2D eigenvalue weighted by atomic mass is 10.1. The maximum absolute atomic E-state index is 13.3. The van der Waals surface area contributed by atoms with E-state index >= 15 is 0 Å². The number of aromatic nitrogens is 5. The summed E-state index contributed by atoms with van der Waals surface area (Å²) in [5.41, 5.74) is 3.55. The highest BCUT2D eigenvalue weighted by atomic mass is 79.9. The lowest BCUT2D eigenvalue weighted by Crippen LogP contribution is -2.24. The molecule has 0 aliphatic heterocycles. The van der Waals surface area contributed by atoms with E-state index in [-0.39, 0.29) is 28.4 Å². The molecule has 0 aliphatic carbocycles. The Morgan fingerprint density at radius 2 is 1.94 bits per heavy atom. The summed E-state index contributed by atoms with van der Waals surface area (Å²) in [7, 11) is 0. The Kier molecular flexibility index (Phi) is 7.16. The number of nitrogens with zero attached hydrogens (tertiary/aromatic N) is 5. The smallest absolute Gasteiger partial charge is 0.276 e. The van der Waals surface area contributed by atoms with Crippen LogP contribution in [0.2, 0.25) is 5.02 Å². The molecule has 7 nitrogen and oxygen atoms in total. The topological polar surface area (TPSA) is 82.8 Å². The maximum atomic E-state index is 13.3. The SMILES string of the molecule is Cc1nc(COc2nc(C)n(-c3cc(-c4nc(C(C)C)ncc4C)ccc3Cl)c(=O)c2Br)cs1. The Bertz CT molecular complexity index is 1430. The Morgan fingerprint density at radius 3 is 2.62 bits per heavy atom. The molecule has 0 N–H and O–H groups in total. The van der Waals surface area contributed by atoms with Crippen LogP contribution in [0.5, 0.6) is 5.88 Å². The van der Waals surface area contributed by atoms with Crippen molar-refractivity contribution in [2.45, 2.75) is 47.1 Å². The molecular weight excluding hydrogens is 538 g/mol. The number of thiazole rings is 1. The second-order valence-corrected chi connectivity index (χ2v) is 10.4. The minimum Gasteiger partial charge on any atom is -0.470 e. The molecule has 0 saturated carbocycles. The van der Waals surface area contributed by atoms with Crippen molar-refractivity contribution in [1.82, 2.24) is 24.5 Å². The number of hydrogen-bond acceptors (Lipinski definition) is 7. The van der Waals surface area contributed by atoms with Crippen LogP contribution in [0, 0.1) is 20.8 Å². The first-order valence-electron chi connectivity index (χ1n) is 10.6. The van der Waals surface area contributed by atoms with Gasteiger partial charge >= 0.3 is 0 Å². The largest absolute Gasteiger partial charge is 0.470 e. The van der Waals surface area contributed by atoms with Crippen molar-refractivity contribution in [3.8, 4) is 22.8 Å². The van der Waals surface area contributed by atoms with Gasteiger partial charge in [-0.15, -0.1) is 11.3 Å². The van der Waals surface area contributed by atoms with Crippen LogP contribution in [-0.4, -0.2) is 24.5 Å². The van der Waals surface area contributed by atoms with Gasteiger partial charge in [-0.05, 0) is 54.4 Å². The molecular formula is C24H23BrClN5O2S. The monoisotopic (exact) mass is 559 g/mol. The van der Waals surface area contributed by atoms with E-state index in [1.807, 2.05) is 51.4 Å². The zero-order chi connectivity index (χ0) is 24.6. The summed E-state index contributed by atoms with van der Waals surface area (Å²) in [6.45, 7) is 9.95. The fraction of sp³-hybridized carbons (Fsp3) is 0.292. The third-order valence-electron chi connectivity index (χ3n) is 5.16. The van der Waals surface area contributed by atoms with Crippen LogP contribution in [0.25, 0.3) is 16.9 Å². The number of ether oxygens (including phenoxy) is 1. The summed E-state index contributed by atoms with van der Waals surface area (Å²) < 4.78 is 7.47. The third kappa shape index (κ3) is 4.92. The summed E-state index contributed by atoms with van der Waals surface area (Å²) in [6, 6.07) is 5.50. The van der Waals surface area contributed by atoms with Gasteiger partial charge < -0.3 is 4.74 Å². The molecule has 34 heavy (non-hydrogen) atoms. The van der Waals surface area contributed by atoms with Crippen LogP contribution in [-0.2, 0) is 6.61 Å². The summed E-state index contributed by atoms with van der Waals surface area (Å²) in [5.74, 6) is 1.60. The molecule has 0 saturated heterocycles. The van der Waals surface area contributed by atoms with Crippen molar-refractivity contribution in [1.29, 1.82) is 0 Å². The zero-order valence-electron chi connectivity index (χ0n) is 19.4. The van der Waals surface area contributed by atoms with Gasteiger partial charge in [0.05, 0.1) is 27.1 Å². The molecule has 0 fully saturated rings. The molecule has 0 aliphatic rings. The minimum absolute atomic E-state index is 0.192. The molecule has 0 radical (unpaired) electrons. The molecule has 176 valence electrons. The summed E-state index contributed by atoms with van der Waals surface area (Å²) in [6.07, 6.45) is 1.82. The van der Waals surface area contributed by atoms with Gasteiger partial charge in [0.15, 0.2) is 0 Å². The number of benzene rings is 1. The Labute approximate surface area is 215 Å². The average Bonchev–Trinajstić information content (AvgIpc) is 3.22. The van der Waals surface area contributed by atoms with Crippen molar-refractivity contribution >= 4 is 38.9 Å². The Hall–Kier alpha value is -2.62. The van der Waals surface area contributed by atoms with E-state index in [4.69, 9.17) is 21.3 Å². The number of rotatable bonds is 6. The van der Waals surface area contributed by atoms with E-state index < -0.39 is 0 Å². The first-order chi connectivity index (χ1) is 16.2. The molecule has 3 aromatic heterocycles. The molecule has 3 heterocycles. The van der Waals surface area contributed by atoms with Crippen molar-refractivity contribution in [3.63, 3.8) is 0 Å². The molecule has 1 aromatic carbocycles. The quantitative estimate of drug-likeness (QED) is 0.280. The third-order valence-corrected chi connectivity index (χ3v) is 6.98. The minimum atomic E-state index is -0.321. The van der Waals surface area contributed by atoms with Gasteiger partial charge in [0, 0.05) is 23.1 Å². The predicted octanol–water partition coefficient (Wildman–Crippen LogP) is 6.19. The first kappa shape index (κ1) is 24.5. The second kappa shape index (κ2) is 9.93. The lowest BCUT2D eigenvalue weighted by Gasteiger charge is -2.16. The lowest BCUT2D eigenvalue weighted by molar-refractivity contribution is 0.285. The van der Waals surface area contributed by atoms with Gasteiger partial charge in [0.25, 0.3) is 5.56 Å². The van der Waals surface area contributed by atoms with E-state index in [2.05, 4.69) is 30.9 Å². The predicted molar refractivity (Wildman–Crippen MR) is 138 cm³/mol. The van der Waals surface area contributed by atoms with Crippen molar-refractivity contribution in [3.05, 3.63) is 77.5 Å². The Morgan fingerprint density at radius 1 is 1.18 bits per heavy atom. The highest BCUT2D eigenvalue weighted by Gasteiger charge is 2.19. The molecule has 0 atom stereocenters. The van der Waals surface area contributed by atoms with E-state index in [0.717, 1.165) is 33.3 Å². The highest BCUT2D eigenvalue weighted by molar-refractivity contribution is 9.10. The Balaban J connectivity index is 1.76. The van der Waals surface area contributed by atoms with Gasteiger partial charge in [-0.1, -0.05) is 31.5 Å². The zero-order valence-corrected chi connectivity index (χ0v) is 22.5. The summed E-state index contributed by atoms with van der Waals surface area (Å²) in [4.78, 5) is 31.4. The molecule has 0 bridgehead atoms. The summed E-state index contributed by atoms with van der Waals surface area (Å²) >= 11 is 11.5. The fourth-order valence-electron chi connectivity index (χ4n) is 3.44. The maximum Gasteiger partial charge on any atom is 0.276 e. The average molecular weight is 561 g/mol. The summed E-state index contributed by atoms with van der Waals surface area (Å²) in [5, 5.41) is 3.29. The van der Waals surface area contributed by atoms with Gasteiger partial charge in [-0.2, -0.15) is 4.98 Å². The number of aryl methyl sites for hydroxylation is 3. The van der Waals surface area contributed by atoms with E-state index in [1.54, 1.807) is 24.3 Å². The van der Waals surface area contributed by atoms with Gasteiger partial charge in [0.2, 0.25) is 5.88 Å². The normalized spacial score (nSPS) is 11.3. The van der Waals surface area contributed by atoms with Crippen molar-refractivity contribution in [2.75, 3.05) is 0 Å².